The molecule has 20 heavy (non-hydrogen) atoms. The fourth-order valence-electron chi connectivity index (χ4n) is 2.51. The van der Waals surface area contributed by atoms with Crippen molar-refractivity contribution in [3.63, 3.8) is 0 Å². The number of benzene rings is 1. The molecule has 4 N–H and O–H groups in total. The van der Waals surface area contributed by atoms with Gasteiger partial charge in [0.25, 0.3) is 5.91 Å². The number of amides is 1. The van der Waals surface area contributed by atoms with E-state index in [1.807, 2.05) is 0 Å². The van der Waals surface area contributed by atoms with Crippen molar-refractivity contribution in [3.8, 4) is 0 Å². The number of halogens is 1. The third-order valence-corrected chi connectivity index (χ3v) is 4.04. The lowest BCUT2D eigenvalue weighted by Crippen LogP contribution is -2.45. The fourth-order valence-corrected chi connectivity index (χ4v) is 2.51. The Morgan fingerprint density at radius 2 is 2.15 bits per heavy atom. The minimum Gasteiger partial charge on any atom is -0.396 e. The molecule has 1 aromatic carbocycles. The van der Waals surface area contributed by atoms with Crippen molar-refractivity contribution in [2.45, 2.75) is 38.2 Å². The highest BCUT2D eigenvalue weighted by Crippen LogP contribution is 2.31. The molecule has 1 aliphatic rings. The monoisotopic (exact) mass is 280 g/mol. The van der Waals surface area contributed by atoms with Gasteiger partial charge in [-0.1, -0.05) is 6.92 Å². The van der Waals surface area contributed by atoms with Gasteiger partial charge in [0.1, 0.15) is 5.82 Å². The molecule has 1 amide bonds. The van der Waals surface area contributed by atoms with Crippen LogP contribution in [-0.4, -0.2) is 23.2 Å². The lowest BCUT2D eigenvalue weighted by atomic mass is 9.79. The van der Waals surface area contributed by atoms with Crippen LogP contribution < -0.4 is 11.1 Å². The maximum absolute atomic E-state index is 13.0. The Bertz CT molecular complexity index is 497. The third-order valence-electron chi connectivity index (χ3n) is 4.04. The first-order chi connectivity index (χ1) is 9.39. The Morgan fingerprint density at radius 3 is 2.75 bits per heavy atom. The van der Waals surface area contributed by atoms with E-state index in [0.29, 0.717) is 24.3 Å². The second-order valence-corrected chi connectivity index (χ2v) is 5.83. The van der Waals surface area contributed by atoms with E-state index < -0.39 is 11.4 Å². The van der Waals surface area contributed by atoms with Crippen molar-refractivity contribution in [2.24, 2.45) is 5.92 Å². The van der Waals surface area contributed by atoms with Crippen LogP contribution in [0.1, 0.15) is 43.0 Å². The molecular weight excluding hydrogens is 259 g/mol. The zero-order valence-corrected chi connectivity index (χ0v) is 11.7. The van der Waals surface area contributed by atoms with Crippen LogP contribution in [0.2, 0.25) is 0 Å². The molecule has 0 unspecified atom stereocenters. The van der Waals surface area contributed by atoms with Crippen molar-refractivity contribution in [1.82, 2.24) is 5.32 Å². The Hall–Kier alpha value is -1.62. The largest absolute Gasteiger partial charge is 0.396 e. The third kappa shape index (κ3) is 3.48. The molecule has 0 heterocycles. The standard InChI is InChI=1S/C15H21FN2O2/c1-10-4-6-15(20,7-5-10)9-18-14(19)11-2-3-12(16)13(17)8-11/h2-3,8,10,20H,4-7,9,17H2,1H3,(H,18,19). The molecule has 110 valence electrons. The first-order valence-corrected chi connectivity index (χ1v) is 6.95. The molecule has 0 spiro atoms. The highest BCUT2D eigenvalue weighted by molar-refractivity contribution is 5.95. The summed E-state index contributed by atoms with van der Waals surface area (Å²) in [5, 5.41) is 13.1. The van der Waals surface area contributed by atoms with E-state index in [1.165, 1.54) is 18.2 Å². The van der Waals surface area contributed by atoms with E-state index in [9.17, 15) is 14.3 Å². The molecule has 0 atom stereocenters. The number of anilines is 1. The van der Waals surface area contributed by atoms with Crippen LogP contribution in [0.3, 0.4) is 0 Å². The molecule has 1 aromatic rings. The van der Waals surface area contributed by atoms with Gasteiger partial charge in [0, 0.05) is 12.1 Å². The smallest absolute Gasteiger partial charge is 0.251 e. The molecule has 0 aliphatic heterocycles. The topological polar surface area (TPSA) is 75.3 Å². The lowest BCUT2D eigenvalue weighted by Gasteiger charge is -2.34. The molecule has 0 aromatic heterocycles. The summed E-state index contributed by atoms with van der Waals surface area (Å²) in [5.74, 6) is -0.256. The number of nitrogens with one attached hydrogen (secondary N) is 1. The fraction of sp³-hybridized carbons (Fsp3) is 0.533. The Morgan fingerprint density at radius 1 is 1.50 bits per heavy atom. The first-order valence-electron chi connectivity index (χ1n) is 6.95. The van der Waals surface area contributed by atoms with E-state index in [-0.39, 0.29) is 18.1 Å². The van der Waals surface area contributed by atoms with Gasteiger partial charge in [0.05, 0.1) is 11.3 Å². The Labute approximate surface area is 118 Å². The molecule has 1 aliphatic carbocycles. The van der Waals surface area contributed by atoms with E-state index in [2.05, 4.69) is 12.2 Å². The molecule has 1 saturated carbocycles. The predicted molar refractivity (Wildman–Crippen MR) is 75.7 cm³/mol. The minimum atomic E-state index is -0.826. The Kier molecular flexibility index (Phi) is 4.28. The van der Waals surface area contributed by atoms with Crippen LogP contribution in [0.5, 0.6) is 0 Å². The van der Waals surface area contributed by atoms with Gasteiger partial charge in [0.15, 0.2) is 0 Å². The molecule has 5 heteroatoms. The molecule has 4 nitrogen and oxygen atoms in total. The number of hydrogen-bond donors (Lipinski definition) is 3. The van der Waals surface area contributed by atoms with Crippen LogP contribution in [0.15, 0.2) is 18.2 Å². The van der Waals surface area contributed by atoms with Gasteiger partial charge in [-0.2, -0.15) is 0 Å². The van der Waals surface area contributed by atoms with Gasteiger partial charge in [0.2, 0.25) is 0 Å². The van der Waals surface area contributed by atoms with Gasteiger partial charge < -0.3 is 16.2 Å². The van der Waals surface area contributed by atoms with Crippen LogP contribution in [0.25, 0.3) is 0 Å². The maximum atomic E-state index is 13.0. The molecule has 0 radical (unpaired) electrons. The number of rotatable bonds is 3. The van der Waals surface area contributed by atoms with Gasteiger partial charge in [-0.05, 0) is 49.8 Å². The van der Waals surface area contributed by atoms with Crippen molar-refractivity contribution < 1.29 is 14.3 Å². The van der Waals surface area contributed by atoms with Gasteiger partial charge in [-0.3, -0.25) is 4.79 Å². The summed E-state index contributed by atoms with van der Waals surface area (Å²) in [6.07, 6.45) is 3.33. The summed E-state index contributed by atoms with van der Waals surface area (Å²) in [6, 6.07) is 3.85. The summed E-state index contributed by atoms with van der Waals surface area (Å²) in [4.78, 5) is 12.0. The second kappa shape index (κ2) is 5.79. The van der Waals surface area contributed by atoms with Crippen LogP contribution in [-0.2, 0) is 0 Å². The normalized spacial score (nSPS) is 26.2. The number of nitrogen functional groups attached to an aromatic ring is 1. The SMILES string of the molecule is CC1CCC(O)(CNC(=O)c2ccc(F)c(N)c2)CC1. The number of carbonyl (C=O) groups excluding carboxylic acids is 1. The van der Waals surface area contributed by atoms with Gasteiger partial charge in [-0.25, -0.2) is 4.39 Å². The first kappa shape index (κ1) is 14.8. The van der Waals surface area contributed by atoms with E-state index in [1.54, 1.807) is 0 Å². The highest BCUT2D eigenvalue weighted by Gasteiger charge is 2.32. The summed E-state index contributed by atoms with van der Waals surface area (Å²) in [7, 11) is 0. The van der Waals surface area contributed by atoms with Crippen molar-refractivity contribution in [2.75, 3.05) is 12.3 Å². The van der Waals surface area contributed by atoms with E-state index in [0.717, 1.165) is 12.8 Å². The molecule has 0 bridgehead atoms. The van der Waals surface area contributed by atoms with Crippen molar-refractivity contribution in [1.29, 1.82) is 0 Å². The predicted octanol–water partition coefficient (Wildman–Crippen LogP) is 2.08. The Balaban J connectivity index is 1.93. The maximum Gasteiger partial charge on any atom is 0.251 e. The second-order valence-electron chi connectivity index (χ2n) is 5.83. The van der Waals surface area contributed by atoms with E-state index >= 15 is 0 Å². The van der Waals surface area contributed by atoms with Crippen LogP contribution in [0.4, 0.5) is 10.1 Å². The molecular formula is C15H21FN2O2. The number of carbonyl (C=O) groups is 1. The summed E-state index contributed by atoms with van der Waals surface area (Å²) < 4.78 is 13.0. The van der Waals surface area contributed by atoms with Crippen molar-refractivity contribution in [3.05, 3.63) is 29.6 Å². The number of nitrogens with two attached hydrogens (primary N) is 1. The summed E-state index contributed by atoms with van der Waals surface area (Å²) >= 11 is 0. The number of hydrogen-bond acceptors (Lipinski definition) is 3. The molecule has 1 fully saturated rings. The van der Waals surface area contributed by atoms with Gasteiger partial charge >= 0.3 is 0 Å². The minimum absolute atomic E-state index is 0.0529. The number of aliphatic hydroxyl groups is 1. The molecule has 2 rings (SSSR count). The zero-order chi connectivity index (χ0) is 14.8. The van der Waals surface area contributed by atoms with Crippen LogP contribution in [0, 0.1) is 11.7 Å². The summed E-state index contributed by atoms with van der Waals surface area (Å²) in [6.45, 7) is 2.38. The average Bonchev–Trinajstić information content (AvgIpc) is 2.43. The lowest BCUT2D eigenvalue weighted by molar-refractivity contribution is -0.00539. The highest BCUT2D eigenvalue weighted by atomic mass is 19.1. The summed E-state index contributed by atoms with van der Waals surface area (Å²) in [5.41, 5.74) is 4.86. The van der Waals surface area contributed by atoms with E-state index in [4.69, 9.17) is 5.73 Å². The zero-order valence-electron chi connectivity index (χ0n) is 11.7. The van der Waals surface area contributed by atoms with Crippen molar-refractivity contribution >= 4 is 11.6 Å². The quantitative estimate of drug-likeness (QED) is 0.742. The molecule has 0 saturated heterocycles. The van der Waals surface area contributed by atoms with Gasteiger partial charge in [-0.15, -0.1) is 0 Å². The van der Waals surface area contributed by atoms with Crippen LogP contribution >= 0.6 is 0 Å². The average molecular weight is 280 g/mol.